The third kappa shape index (κ3) is 3.70. The summed E-state index contributed by atoms with van der Waals surface area (Å²) >= 11 is 0. The molecule has 0 saturated carbocycles. The van der Waals surface area contributed by atoms with E-state index in [1.54, 1.807) is 12.3 Å². The van der Waals surface area contributed by atoms with Crippen LogP contribution in [-0.4, -0.2) is 59.5 Å². The number of likely N-dealkylation sites (N-methyl/N-ethyl adjacent to an activating group) is 1. The van der Waals surface area contributed by atoms with Gasteiger partial charge in [-0.15, -0.1) is 0 Å². The van der Waals surface area contributed by atoms with Crippen molar-refractivity contribution in [3.05, 3.63) is 24.0 Å². The highest BCUT2D eigenvalue weighted by atomic mass is 16.2. The molecule has 1 aliphatic rings. The van der Waals surface area contributed by atoms with E-state index in [2.05, 4.69) is 36.0 Å². The van der Waals surface area contributed by atoms with Gasteiger partial charge in [0.05, 0.1) is 11.9 Å². The molecule has 1 amide bonds. The lowest BCUT2D eigenvalue weighted by Gasteiger charge is -2.33. The first-order chi connectivity index (χ1) is 9.60. The summed E-state index contributed by atoms with van der Waals surface area (Å²) < 4.78 is 0. The smallest absolute Gasteiger partial charge is 0.272 e. The van der Waals surface area contributed by atoms with Crippen molar-refractivity contribution in [3.63, 3.8) is 0 Å². The number of carbonyl (C=O) groups excluding carboxylic acids is 1. The molecule has 0 atom stereocenters. The minimum absolute atomic E-state index is 0.0388. The Morgan fingerprint density at radius 3 is 2.50 bits per heavy atom. The summed E-state index contributed by atoms with van der Waals surface area (Å²) in [5, 5.41) is 3.27. The van der Waals surface area contributed by atoms with E-state index in [4.69, 9.17) is 0 Å². The van der Waals surface area contributed by atoms with Gasteiger partial charge in [-0.25, -0.2) is 4.98 Å². The number of nitrogens with one attached hydrogen (secondary N) is 1. The van der Waals surface area contributed by atoms with Crippen LogP contribution in [0.5, 0.6) is 0 Å². The Bertz CT molecular complexity index is 436. The lowest BCUT2D eigenvalue weighted by atomic mass is 10.2. The first-order valence-electron chi connectivity index (χ1n) is 7.34. The molecule has 5 heteroatoms. The summed E-state index contributed by atoms with van der Waals surface area (Å²) in [5.41, 5.74) is 1.48. The van der Waals surface area contributed by atoms with Gasteiger partial charge in [0.1, 0.15) is 5.69 Å². The number of carbonyl (C=O) groups is 1. The van der Waals surface area contributed by atoms with Gasteiger partial charge in [-0.2, -0.15) is 0 Å². The normalized spacial score (nSPS) is 16.5. The van der Waals surface area contributed by atoms with Gasteiger partial charge in [0.25, 0.3) is 5.91 Å². The van der Waals surface area contributed by atoms with Crippen molar-refractivity contribution in [2.24, 2.45) is 0 Å². The number of anilines is 1. The molecule has 5 nitrogen and oxygen atoms in total. The molecular formula is C15H24N4O. The minimum Gasteiger partial charge on any atom is -0.382 e. The highest BCUT2D eigenvalue weighted by Crippen LogP contribution is 2.11. The lowest BCUT2D eigenvalue weighted by molar-refractivity contribution is 0.0637. The first kappa shape index (κ1) is 14.8. The van der Waals surface area contributed by atoms with Crippen LogP contribution in [0, 0.1) is 0 Å². The lowest BCUT2D eigenvalue weighted by Crippen LogP contribution is -2.48. The summed E-state index contributed by atoms with van der Waals surface area (Å²) in [7, 11) is 0. The zero-order valence-electron chi connectivity index (χ0n) is 12.6. The van der Waals surface area contributed by atoms with Gasteiger partial charge in [0.2, 0.25) is 0 Å². The molecule has 110 valence electrons. The Morgan fingerprint density at radius 1 is 1.30 bits per heavy atom. The molecule has 0 aliphatic carbocycles. The molecule has 20 heavy (non-hydrogen) atoms. The Labute approximate surface area is 121 Å². The molecule has 1 N–H and O–H groups in total. The van der Waals surface area contributed by atoms with Crippen LogP contribution in [-0.2, 0) is 0 Å². The fraction of sp³-hybridized carbons (Fsp3) is 0.600. The second kappa shape index (κ2) is 6.70. The molecule has 1 saturated heterocycles. The minimum atomic E-state index is 0.0388. The van der Waals surface area contributed by atoms with E-state index in [9.17, 15) is 4.79 Å². The van der Waals surface area contributed by atoms with Crippen LogP contribution in [0.3, 0.4) is 0 Å². The largest absolute Gasteiger partial charge is 0.382 e. The van der Waals surface area contributed by atoms with E-state index in [-0.39, 0.29) is 5.91 Å². The van der Waals surface area contributed by atoms with E-state index in [1.165, 1.54) is 0 Å². The van der Waals surface area contributed by atoms with Gasteiger partial charge in [-0.1, -0.05) is 6.92 Å². The number of amides is 1. The molecule has 0 aromatic carbocycles. The zero-order chi connectivity index (χ0) is 14.5. The van der Waals surface area contributed by atoms with Crippen molar-refractivity contribution in [3.8, 4) is 0 Å². The Hall–Kier alpha value is -1.62. The fourth-order valence-corrected chi connectivity index (χ4v) is 2.37. The van der Waals surface area contributed by atoms with Crippen LogP contribution < -0.4 is 5.32 Å². The van der Waals surface area contributed by atoms with E-state index >= 15 is 0 Å². The highest BCUT2D eigenvalue weighted by Gasteiger charge is 2.21. The van der Waals surface area contributed by atoms with Gasteiger partial charge in [-0.3, -0.25) is 4.79 Å². The number of hydrogen-bond acceptors (Lipinski definition) is 4. The standard InChI is InChI=1S/C15H24N4O/c1-4-18-7-9-19(10-8-18)15(20)14-6-5-13(11-16-14)17-12(2)3/h5-6,11-12,17H,4,7-10H2,1-3H3. The maximum atomic E-state index is 12.4. The van der Waals surface area contributed by atoms with E-state index in [0.717, 1.165) is 38.4 Å². The Balaban J connectivity index is 1.95. The van der Waals surface area contributed by atoms with Crippen LogP contribution in [0.4, 0.5) is 5.69 Å². The summed E-state index contributed by atoms with van der Waals surface area (Å²) in [6.07, 6.45) is 1.73. The van der Waals surface area contributed by atoms with Gasteiger partial charge in [-0.05, 0) is 32.5 Å². The van der Waals surface area contributed by atoms with E-state index < -0.39 is 0 Å². The number of nitrogens with zero attached hydrogens (tertiary/aromatic N) is 3. The number of hydrogen-bond donors (Lipinski definition) is 1. The summed E-state index contributed by atoms with van der Waals surface area (Å²) in [5.74, 6) is 0.0388. The Kier molecular flexibility index (Phi) is 4.95. The maximum Gasteiger partial charge on any atom is 0.272 e. The predicted molar refractivity (Wildman–Crippen MR) is 81.0 cm³/mol. The molecule has 0 radical (unpaired) electrons. The SMILES string of the molecule is CCN1CCN(C(=O)c2ccc(NC(C)C)cn2)CC1. The van der Waals surface area contributed by atoms with Gasteiger partial charge in [0.15, 0.2) is 0 Å². The third-order valence-corrected chi connectivity index (χ3v) is 3.54. The number of piperazine rings is 1. The monoisotopic (exact) mass is 276 g/mol. The van der Waals surface area contributed by atoms with Crippen LogP contribution >= 0.6 is 0 Å². The number of rotatable bonds is 4. The van der Waals surface area contributed by atoms with Crippen molar-refractivity contribution < 1.29 is 4.79 Å². The van der Waals surface area contributed by atoms with Crippen LogP contribution in [0.15, 0.2) is 18.3 Å². The fourth-order valence-electron chi connectivity index (χ4n) is 2.37. The molecule has 1 aliphatic heterocycles. The van der Waals surface area contributed by atoms with Crippen LogP contribution in [0.25, 0.3) is 0 Å². The third-order valence-electron chi connectivity index (χ3n) is 3.54. The second-order valence-electron chi connectivity index (χ2n) is 5.46. The number of pyridine rings is 1. The summed E-state index contributed by atoms with van der Waals surface area (Å²) in [6.45, 7) is 10.8. The van der Waals surface area contributed by atoms with Crippen molar-refractivity contribution in [1.29, 1.82) is 0 Å². The predicted octanol–water partition coefficient (Wildman–Crippen LogP) is 1.68. The van der Waals surface area contributed by atoms with Crippen molar-refractivity contribution in [2.75, 3.05) is 38.0 Å². The Morgan fingerprint density at radius 2 is 2.00 bits per heavy atom. The quantitative estimate of drug-likeness (QED) is 0.909. The summed E-state index contributed by atoms with van der Waals surface area (Å²) in [4.78, 5) is 20.9. The molecule has 0 bridgehead atoms. The highest BCUT2D eigenvalue weighted by molar-refractivity contribution is 5.92. The van der Waals surface area contributed by atoms with Crippen molar-refractivity contribution in [1.82, 2.24) is 14.8 Å². The molecule has 2 rings (SSSR count). The van der Waals surface area contributed by atoms with Gasteiger partial charge < -0.3 is 15.1 Å². The van der Waals surface area contributed by atoms with E-state index in [0.29, 0.717) is 11.7 Å². The molecule has 1 aromatic heterocycles. The van der Waals surface area contributed by atoms with E-state index in [1.807, 2.05) is 11.0 Å². The van der Waals surface area contributed by atoms with Crippen LogP contribution in [0.2, 0.25) is 0 Å². The van der Waals surface area contributed by atoms with Crippen molar-refractivity contribution in [2.45, 2.75) is 26.8 Å². The average Bonchev–Trinajstić information content (AvgIpc) is 2.47. The average molecular weight is 276 g/mol. The maximum absolute atomic E-state index is 12.4. The molecule has 2 heterocycles. The first-order valence-corrected chi connectivity index (χ1v) is 7.34. The second-order valence-corrected chi connectivity index (χ2v) is 5.46. The molecular weight excluding hydrogens is 252 g/mol. The molecule has 1 aromatic rings. The molecule has 0 spiro atoms. The molecule has 0 unspecified atom stereocenters. The molecule has 1 fully saturated rings. The zero-order valence-corrected chi connectivity index (χ0v) is 12.6. The van der Waals surface area contributed by atoms with Gasteiger partial charge in [0, 0.05) is 32.2 Å². The number of aromatic nitrogens is 1. The van der Waals surface area contributed by atoms with Crippen LogP contribution in [0.1, 0.15) is 31.3 Å². The summed E-state index contributed by atoms with van der Waals surface area (Å²) in [6, 6.07) is 4.09. The topological polar surface area (TPSA) is 48.5 Å². The van der Waals surface area contributed by atoms with Gasteiger partial charge >= 0.3 is 0 Å². The van der Waals surface area contributed by atoms with Crippen molar-refractivity contribution >= 4 is 11.6 Å².